The minimum absolute atomic E-state index is 0.262. The third kappa shape index (κ3) is 8.35. The summed E-state index contributed by atoms with van der Waals surface area (Å²) in [6, 6.07) is 0. The van der Waals surface area contributed by atoms with Gasteiger partial charge in [-0.05, 0) is 38.8 Å². The summed E-state index contributed by atoms with van der Waals surface area (Å²) in [5.41, 5.74) is 0.524. The van der Waals surface area contributed by atoms with Crippen LogP contribution in [0, 0.1) is 0 Å². The highest BCUT2D eigenvalue weighted by atomic mass is 17.2. The van der Waals surface area contributed by atoms with Crippen LogP contribution >= 0.6 is 0 Å². The number of carbonyl (C=O) groups excluding carboxylic acids is 4. The molecule has 0 aromatic carbocycles. The van der Waals surface area contributed by atoms with Crippen LogP contribution in [-0.2, 0) is 38.7 Å². The van der Waals surface area contributed by atoms with Crippen LogP contribution in [0.25, 0.3) is 0 Å². The lowest BCUT2D eigenvalue weighted by molar-refractivity contribution is -0.292. The predicted octanol–water partition coefficient (Wildman–Crippen LogP) is 1.78. The van der Waals surface area contributed by atoms with Crippen molar-refractivity contribution in [3.05, 3.63) is 24.3 Å². The molecule has 8 nitrogen and oxygen atoms in total. The first-order chi connectivity index (χ1) is 11.1. The molecule has 24 heavy (non-hydrogen) atoms. The molecule has 2 unspecified atom stereocenters. The summed E-state index contributed by atoms with van der Waals surface area (Å²) in [5.74, 6) is -2.54. The summed E-state index contributed by atoms with van der Waals surface area (Å²) < 4.78 is 0. The molecule has 0 amide bonds. The summed E-state index contributed by atoms with van der Waals surface area (Å²) in [6.07, 6.45) is -2.68. The molecule has 0 aliphatic rings. The van der Waals surface area contributed by atoms with Crippen LogP contribution in [0.1, 0.15) is 40.5 Å². The fraction of sp³-hybridized carbons (Fsp3) is 0.500. The van der Waals surface area contributed by atoms with Gasteiger partial charge in [0.2, 0.25) is 0 Å². The van der Waals surface area contributed by atoms with Crippen molar-refractivity contribution in [1.29, 1.82) is 0 Å². The van der Waals surface area contributed by atoms with Crippen molar-refractivity contribution in [2.75, 3.05) is 0 Å². The van der Waals surface area contributed by atoms with E-state index in [-0.39, 0.29) is 24.0 Å². The molecule has 0 N–H and O–H groups in total. The Morgan fingerprint density at radius 2 is 1.04 bits per heavy atom. The molecular formula is C16H22O8. The van der Waals surface area contributed by atoms with Gasteiger partial charge in [-0.15, -0.1) is 0 Å². The maximum absolute atomic E-state index is 11.4. The standard InChI is InChI=1S/C16H22O8/c1-9(2)15(19)11(5)21-23-13(17)7-8-14(18)24-22-12(6)16(20)10(3)4/h11-12H,1,3,7-8H2,2,4-6H3. The van der Waals surface area contributed by atoms with Crippen LogP contribution in [-0.4, -0.2) is 35.7 Å². The summed E-state index contributed by atoms with van der Waals surface area (Å²) in [4.78, 5) is 63.7. The molecular weight excluding hydrogens is 320 g/mol. The zero-order valence-electron chi connectivity index (χ0n) is 14.2. The van der Waals surface area contributed by atoms with Crippen LogP contribution in [0.2, 0.25) is 0 Å². The van der Waals surface area contributed by atoms with Gasteiger partial charge < -0.3 is 0 Å². The number of Topliss-reactive ketones (excluding diaryl/α,β-unsaturated/α-hetero) is 2. The molecule has 2 atom stereocenters. The fourth-order valence-electron chi connectivity index (χ4n) is 1.32. The van der Waals surface area contributed by atoms with Crippen molar-refractivity contribution >= 4 is 23.5 Å². The topological polar surface area (TPSA) is 105 Å². The Balaban J connectivity index is 4.04. The Labute approximate surface area is 140 Å². The van der Waals surface area contributed by atoms with E-state index in [2.05, 4.69) is 32.7 Å². The van der Waals surface area contributed by atoms with Crippen molar-refractivity contribution in [3.63, 3.8) is 0 Å². The van der Waals surface area contributed by atoms with Gasteiger partial charge in [0.15, 0.2) is 23.8 Å². The van der Waals surface area contributed by atoms with Crippen LogP contribution in [0.5, 0.6) is 0 Å². The molecule has 0 bridgehead atoms. The maximum atomic E-state index is 11.4. The lowest BCUT2D eigenvalue weighted by atomic mass is 10.1. The highest BCUT2D eigenvalue weighted by molar-refractivity contribution is 5.97. The van der Waals surface area contributed by atoms with Crippen molar-refractivity contribution < 1.29 is 38.7 Å². The van der Waals surface area contributed by atoms with Gasteiger partial charge >= 0.3 is 11.9 Å². The van der Waals surface area contributed by atoms with E-state index in [4.69, 9.17) is 0 Å². The summed E-state index contributed by atoms with van der Waals surface area (Å²) in [7, 11) is 0. The Morgan fingerprint density at radius 3 is 1.29 bits per heavy atom. The molecule has 0 rings (SSSR count). The van der Waals surface area contributed by atoms with Gasteiger partial charge in [-0.1, -0.05) is 13.2 Å². The maximum Gasteiger partial charge on any atom is 0.342 e. The van der Waals surface area contributed by atoms with Gasteiger partial charge in [-0.3, -0.25) is 19.4 Å². The Bertz CT molecular complexity index is 486. The smallest absolute Gasteiger partial charge is 0.298 e. The third-order valence-electron chi connectivity index (χ3n) is 2.68. The van der Waals surface area contributed by atoms with E-state index in [0.717, 1.165) is 0 Å². The first-order valence-electron chi connectivity index (χ1n) is 7.18. The normalized spacial score (nSPS) is 12.7. The lowest BCUT2D eigenvalue weighted by Crippen LogP contribution is -2.24. The minimum atomic E-state index is -0.990. The van der Waals surface area contributed by atoms with E-state index in [1.165, 1.54) is 27.7 Å². The van der Waals surface area contributed by atoms with Crippen molar-refractivity contribution in [2.24, 2.45) is 0 Å². The Kier molecular flexibility index (Phi) is 9.44. The molecule has 0 aromatic heterocycles. The molecule has 0 spiro atoms. The molecule has 0 saturated heterocycles. The van der Waals surface area contributed by atoms with E-state index >= 15 is 0 Å². The fourth-order valence-corrected chi connectivity index (χ4v) is 1.32. The average Bonchev–Trinajstić information content (AvgIpc) is 2.53. The molecule has 0 aliphatic carbocycles. The Hall–Kier alpha value is -2.32. The van der Waals surface area contributed by atoms with Crippen LogP contribution in [0.4, 0.5) is 0 Å². The lowest BCUT2D eigenvalue weighted by Gasteiger charge is -2.11. The Morgan fingerprint density at radius 1 is 0.750 bits per heavy atom. The molecule has 8 heteroatoms. The molecule has 0 fully saturated rings. The van der Waals surface area contributed by atoms with Gasteiger partial charge in [0.1, 0.15) is 0 Å². The molecule has 0 heterocycles. The van der Waals surface area contributed by atoms with Crippen LogP contribution < -0.4 is 0 Å². The first kappa shape index (κ1) is 21.7. The van der Waals surface area contributed by atoms with E-state index in [0.29, 0.717) is 0 Å². The van der Waals surface area contributed by atoms with E-state index in [1.807, 2.05) is 0 Å². The van der Waals surface area contributed by atoms with Crippen molar-refractivity contribution in [1.82, 2.24) is 0 Å². The number of ketones is 2. The van der Waals surface area contributed by atoms with Crippen molar-refractivity contribution in [2.45, 2.75) is 52.7 Å². The molecule has 0 saturated carbocycles. The molecule has 134 valence electrons. The zero-order chi connectivity index (χ0) is 18.9. The summed E-state index contributed by atoms with van der Waals surface area (Å²) in [6.45, 7) is 12.7. The quantitative estimate of drug-likeness (QED) is 0.318. The van der Waals surface area contributed by atoms with Gasteiger partial charge in [0.25, 0.3) is 0 Å². The second-order valence-corrected chi connectivity index (χ2v) is 5.18. The average molecular weight is 342 g/mol. The second-order valence-electron chi connectivity index (χ2n) is 5.18. The van der Waals surface area contributed by atoms with Crippen molar-refractivity contribution in [3.8, 4) is 0 Å². The highest BCUT2D eigenvalue weighted by Gasteiger charge is 2.20. The largest absolute Gasteiger partial charge is 0.342 e. The molecule has 0 aliphatic heterocycles. The minimum Gasteiger partial charge on any atom is -0.298 e. The number of carbonyl (C=O) groups is 4. The first-order valence-corrected chi connectivity index (χ1v) is 7.18. The van der Waals surface area contributed by atoms with E-state index < -0.39 is 35.7 Å². The van der Waals surface area contributed by atoms with Gasteiger partial charge in [0.05, 0.1) is 12.8 Å². The summed E-state index contributed by atoms with van der Waals surface area (Å²) >= 11 is 0. The molecule has 0 radical (unpaired) electrons. The van der Waals surface area contributed by atoms with Gasteiger partial charge in [-0.2, -0.15) is 9.78 Å². The van der Waals surface area contributed by atoms with Crippen LogP contribution in [0.3, 0.4) is 0 Å². The van der Waals surface area contributed by atoms with Gasteiger partial charge in [-0.25, -0.2) is 9.59 Å². The van der Waals surface area contributed by atoms with E-state index in [1.54, 1.807) is 0 Å². The number of hydrogen-bond acceptors (Lipinski definition) is 8. The number of hydrogen-bond donors (Lipinski definition) is 0. The second kappa shape index (κ2) is 10.5. The monoisotopic (exact) mass is 342 g/mol. The van der Waals surface area contributed by atoms with Gasteiger partial charge in [0, 0.05) is 0 Å². The van der Waals surface area contributed by atoms with E-state index in [9.17, 15) is 19.2 Å². The SMILES string of the molecule is C=C(C)C(=O)C(C)OOC(=O)CCC(=O)OOC(C)C(=O)C(=C)C. The third-order valence-corrected chi connectivity index (χ3v) is 2.68. The predicted molar refractivity (Wildman–Crippen MR) is 82.2 cm³/mol. The highest BCUT2D eigenvalue weighted by Crippen LogP contribution is 2.05. The molecule has 0 aromatic rings. The van der Waals surface area contributed by atoms with Crippen LogP contribution in [0.15, 0.2) is 24.3 Å². The number of rotatable bonds is 11. The summed E-state index contributed by atoms with van der Waals surface area (Å²) in [5, 5.41) is 0. The zero-order valence-corrected chi connectivity index (χ0v) is 14.2.